The average Bonchev–Trinajstić information content (AvgIpc) is 2.69. The maximum Gasteiger partial charge on any atom is 0.307 e. The van der Waals surface area contributed by atoms with E-state index in [-0.39, 0.29) is 6.42 Å². The maximum absolute atomic E-state index is 11.0. The lowest BCUT2D eigenvalue weighted by molar-refractivity contribution is -0.136. The van der Waals surface area contributed by atoms with E-state index in [9.17, 15) is 4.79 Å². The number of benzene rings is 1. The quantitative estimate of drug-likeness (QED) is 0.898. The van der Waals surface area contributed by atoms with Crippen molar-refractivity contribution in [3.63, 3.8) is 0 Å². The fraction of sp³-hybridized carbons (Fsp3) is 0.400. The van der Waals surface area contributed by atoms with Gasteiger partial charge in [-0.1, -0.05) is 31.0 Å². The summed E-state index contributed by atoms with van der Waals surface area (Å²) in [5.74, 6) is -0.804. The van der Waals surface area contributed by atoms with Crippen LogP contribution in [0.3, 0.4) is 0 Å². The molecule has 0 saturated carbocycles. The first-order chi connectivity index (χ1) is 9.04. The summed E-state index contributed by atoms with van der Waals surface area (Å²) in [5, 5.41) is 10.7. The Balaban J connectivity index is 2.59. The smallest absolute Gasteiger partial charge is 0.307 e. The van der Waals surface area contributed by atoms with E-state index in [0.717, 1.165) is 46.4 Å². The number of rotatable bonds is 5. The molecule has 1 N–H and O–H groups in total. The predicted octanol–water partition coefficient (Wildman–Crippen LogP) is 4.03. The van der Waals surface area contributed by atoms with E-state index in [1.165, 1.54) is 0 Å². The molecular formula is C15H18ClNO2. The van der Waals surface area contributed by atoms with Gasteiger partial charge in [0.25, 0.3) is 0 Å². The zero-order chi connectivity index (χ0) is 14.0. The second kappa shape index (κ2) is 5.66. The summed E-state index contributed by atoms with van der Waals surface area (Å²) >= 11 is 6.18. The number of carbonyl (C=O) groups is 1. The molecule has 0 aliphatic heterocycles. The van der Waals surface area contributed by atoms with E-state index >= 15 is 0 Å². The second-order valence-corrected chi connectivity index (χ2v) is 5.25. The van der Waals surface area contributed by atoms with Gasteiger partial charge in [-0.2, -0.15) is 0 Å². The number of fused-ring (bicyclic) bond motifs is 1. The van der Waals surface area contributed by atoms with E-state index in [0.29, 0.717) is 0 Å². The molecule has 1 aromatic heterocycles. The normalized spacial score (nSPS) is 11.1. The highest BCUT2D eigenvalue weighted by atomic mass is 35.5. The van der Waals surface area contributed by atoms with Crippen molar-refractivity contribution in [3.05, 3.63) is 34.5 Å². The minimum Gasteiger partial charge on any atom is -0.481 e. The molecule has 0 saturated heterocycles. The van der Waals surface area contributed by atoms with Gasteiger partial charge < -0.3 is 9.67 Å². The van der Waals surface area contributed by atoms with Gasteiger partial charge in [-0.15, -0.1) is 0 Å². The Labute approximate surface area is 117 Å². The van der Waals surface area contributed by atoms with Gasteiger partial charge in [0.05, 0.1) is 11.9 Å². The van der Waals surface area contributed by atoms with Crippen LogP contribution in [0.25, 0.3) is 10.9 Å². The van der Waals surface area contributed by atoms with Gasteiger partial charge in [0, 0.05) is 23.2 Å². The molecule has 0 aliphatic carbocycles. The molecule has 4 heteroatoms. The summed E-state index contributed by atoms with van der Waals surface area (Å²) < 4.78 is 2.14. The van der Waals surface area contributed by atoms with E-state index < -0.39 is 5.97 Å². The van der Waals surface area contributed by atoms with E-state index in [4.69, 9.17) is 16.7 Å². The number of aliphatic carboxylic acids is 1. The first kappa shape index (κ1) is 13.9. The number of carboxylic acids is 1. The fourth-order valence-corrected chi connectivity index (χ4v) is 2.59. The van der Waals surface area contributed by atoms with E-state index in [2.05, 4.69) is 11.5 Å². The minimum atomic E-state index is -0.804. The van der Waals surface area contributed by atoms with Crippen LogP contribution in [0.4, 0.5) is 0 Å². The van der Waals surface area contributed by atoms with Crippen LogP contribution in [0.1, 0.15) is 30.9 Å². The third-order valence-electron chi connectivity index (χ3n) is 3.40. The largest absolute Gasteiger partial charge is 0.481 e. The lowest BCUT2D eigenvalue weighted by atomic mass is 10.1. The predicted molar refractivity (Wildman–Crippen MR) is 77.9 cm³/mol. The van der Waals surface area contributed by atoms with Crippen LogP contribution in [0.2, 0.25) is 5.02 Å². The summed E-state index contributed by atoms with van der Waals surface area (Å²) in [5.41, 5.74) is 2.95. The molecule has 19 heavy (non-hydrogen) atoms. The van der Waals surface area contributed by atoms with Crippen LogP contribution in [-0.2, 0) is 17.8 Å². The van der Waals surface area contributed by atoms with Gasteiger partial charge in [-0.05, 0) is 30.5 Å². The van der Waals surface area contributed by atoms with Gasteiger partial charge in [0.2, 0.25) is 0 Å². The molecule has 0 unspecified atom stereocenters. The van der Waals surface area contributed by atoms with Crippen molar-refractivity contribution in [2.75, 3.05) is 0 Å². The second-order valence-electron chi connectivity index (χ2n) is 4.84. The van der Waals surface area contributed by atoms with Gasteiger partial charge >= 0.3 is 5.97 Å². The molecular weight excluding hydrogens is 262 g/mol. The molecule has 1 heterocycles. The maximum atomic E-state index is 11.0. The Hall–Kier alpha value is -1.48. The molecule has 102 valence electrons. The Kier molecular flexibility index (Phi) is 4.15. The third kappa shape index (κ3) is 2.76. The first-order valence-corrected chi connectivity index (χ1v) is 6.91. The number of aromatic nitrogens is 1. The molecule has 0 radical (unpaired) electrons. The zero-order valence-corrected chi connectivity index (χ0v) is 12.0. The van der Waals surface area contributed by atoms with Crippen LogP contribution in [0.15, 0.2) is 18.3 Å². The van der Waals surface area contributed by atoms with Gasteiger partial charge in [-0.25, -0.2) is 0 Å². The summed E-state index contributed by atoms with van der Waals surface area (Å²) in [6.07, 6.45) is 4.18. The SMILES string of the molecule is CCCCn1cc(CC(=O)O)c2ccc(Cl)c(C)c21. The number of halogens is 1. The highest BCUT2D eigenvalue weighted by Crippen LogP contribution is 2.30. The Morgan fingerprint density at radius 2 is 2.16 bits per heavy atom. The third-order valence-corrected chi connectivity index (χ3v) is 3.81. The van der Waals surface area contributed by atoms with Crippen molar-refractivity contribution in [2.45, 2.75) is 39.7 Å². The molecule has 3 nitrogen and oxygen atoms in total. The van der Waals surface area contributed by atoms with Crippen LogP contribution in [0.5, 0.6) is 0 Å². The molecule has 0 aliphatic rings. The molecule has 2 aromatic rings. The fourth-order valence-electron chi connectivity index (χ4n) is 2.44. The molecule has 1 aromatic carbocycles. The topological polar surface area (TPSA) is 42.2 Å². The molecule has 0 fully saturated rings. The van der Waals surface area contributed by atoms with Gasteiger partial charge in [-0.3, -0.25) is 4.79 Å². The number of hydrogen-bond acceptors (Lipinski definition) is 1. The van der Waals surface area contributed by atoms with Crippen molar-refractivity contribution in [3.8, 4) is 0 Å². The standard InChI is InChI=1S/C15H18ClNO2/c1-3-4-7-17-9-11(8-14(18)19)12-5-6-13(16)10(2)15(12)17/h5-6,9H,3-4,7-8H2,1-2H3,(H,18,19). The van der Waals surface area contributed by atoms with E-state index in [1.807, 2.05) is 25.3 Å². The number of aryl methyl sites for hydroxylation is 2. The van der Waals surface area contributed by atoms with Crippen LogP contribution in [0, 0.1) is 6.92 Å². The highest BCUT2D eigenvalue weighted by molar-refractivity contribution is 6.32. The van der Waals surface area contributed by atoms with Crippen molar-refractivity contribution >= 4 is 28.5 Å². The van der Waals surface area contributed by atoms with Crippen molar-refractivity contribution in [1.29, 1.82) is 0 Å². The summed E-state index contributed by atoms with van der Waals surface area (Å²) in [6.45, 7) is 5.02. The highest BCUT2D eigenvalue weighted by Gasteiger charge is 2.14. The summed E-state index contributed by atoms with van der Waals surface area (Å²) in [7, 11) is 0. The monoisotopic (exact) mass is 279 g/mol. The van der Waals surface area contributed by atoms with Crippen molar-refractivity contribution in [2.24, 2.45) is 0 Å². The van der Waals surface area contributed by atoms with Gasteiger partial charge in [0.15, 0.2) is 0 Å². The van der Waals surface area contributed by atoms with Crippen LogP contribution < -0.4 is 0 Å². The summed E-state index contributed by atoms with van der Waals surface area (Å²) in [4.78, 5) is 11.0. The average molecular weight is 280 g/mol. The van der Waals surface area contributed by atoms with Crippen molar-refractivity contribution in [1.82, 2.24) is 4.57 Å². The first-order valence-electron chi connectivity index (χ1n) is 6.53. The molecule has 0 spiro atoms. The lowest BCUT2D eigenvalue weighted by Crippen LogP contribution is -1.99. The molecule has 0 atom stereocenters. The number of nitrogens with zero attached hydrogens (tertiary/aromatic N) is 1. The van der Waals surface area contributed by atoms with Crippen LogP contribution >= 0.6 is 11.6 Å². The Bertz CT molecular complexity index is 616. The van der Waals surface area contributed by atoms with Crippen LogP contribution in [-0.4, -0.2) is 15.6 Å². The van der Waals surface area contributed by atoms with Gasteiger partial charge in [0.1, 0.15) is 0 Å². The zero-order valence-electron chi connectivity index (χ0n) is 11.2. The van der Waals surface area contributed by atoms with E-state index in [1.54, 1.807) is 0 Å². The molecule has 2 rings (SSSR count). The Morgan fingerprint density at radius 1 is 1.42 bits per heavy atom. The number of carboxylic acid groups (broad SMARTS) is 1. The number of unbranched alkanes of at least 4 members (excludes halogenated alkanes) is 1. The lowest BCUT2D eigenvalue weighted by Gasteiger charge is -2.07. The van der Waals surface area contributed by atoms with Crippen molar-refractivity contribution < 1.29 is 9.90 Å². The molecule has 0 bridgehead atoms. The minimum absolute atomic E-state index is 0.0523. The Morgan fingerprint density at radius 3 is 2.79 bits per heavy atom. The number of hydrogen-bond donors (Lipinski definition) is 1. The molecule has 0 amide bonds. The summed E-state index contributed by atoms with van der Waals surface area (Å²) in [6, 6.07) is 3.76.